The van der Waals surface area contributed by atoms with Gasteiger partial charge >= 0.3 is 0 Å². The number of fused-ring (bicyclic) bond motifs is 1. The first-order valence-corrected chi connectivity index (χ1v) is 10.0. The van der Waals surface area contributed by atoms with E-state index in [1.54, 1.807) is 0 Å². The van der Waals surface area contributed by atoms with E-state index in [-0.39, 0.29) is 11.8 Å². The molecule has 1 aromatic carbocycles. The molecule has 0 radical (unpaired) electrons. The van der Waals surface area contributed by atoms with Crippen molar-refractivity contribution in [1.82, 2.24) is 19.8 Å². The van der Waals surface area contributed by atoms with Crippen LogP contribution in [0.5, 0.6) is 0 Å². The van der Waals surface area contributed by atoms with Gasteiger partial charge in [0.15, 0.2) is 0 Å². The second kappa shape index (κ2) is 8.85. The lowest BCUT2D eigenvalue weighted by Crippen LogP contribution is -2.48. The number of imidazole rings is 1. The standard InChI is InChI=1S/C21H32N4O2/c1-15(2)20-23-18-7-5-6-8-19(18)25(20)14-16(3)21(26)22-13-17(4)24-9-11-27-12-10-24/h5-8,15-17H,9-14H2,1-4H3,(H,22,26)/t16-,17+/m0/s1. The van der Waals surface area contributed by atoms with E-state index in [0.29, 0.717) is 25.0 Å². The van der Waals surface area contributed by atoms with E-state index in [1.807, 2.05) is 25.1 Å². The van der Waals surface area contributed by atoms with Crippen molar-refractivity contribution in [2.75, 3.05) is 32.8 Å². The van der Waals surface area contributed by atoms with Gasteiger partial charge in [-0.1, -0.05) is 32.9 Å². The van der Waals surface area contributed by atoms with Gasteiger partial charge in [0.1, 0.15) is 5.82 Å². The molecule has 2 atom stereocenters. The molecular formula is C21H32N4O2. The van der Waals surface area contributed by atoms with Gasteiger partial charge in [-0.2, -0.15) is 0 Å². The van der Waals surface area contributed by atoms with E-state index in [4.69, 9.17) is 9.72 Å². The first kappa shape index (κ1) is 19.8. The summed E-state index contributed by atoms with van der Waals surface area (Å²) in [6.45, 7) is 13.2. The Kier molecular flexibility index (Phi) is 6.50. The van der Waals surface area contributed by atoms with Gasteiger partial charge in [-0.3, -0.25) is 9.69 Å². The molecule has 1 N–H and O–H groups in total. The SMILES string of the molecule is CC(C)c1nc2ccccc2n1C[C@H](C)C(=O)NC[C@@H](C)N1CCOCC1. The molecule has 0 spiro atoms. The van der Waals surface area contributed by atoms with Crippen molar-refractivity contribution < 1.29 is 9.53 Å². The number of para-hydroxylation sites is 2. The Balaban J connectivity index is 1.62. The smallest absolute Gasteiger partial charge is 0.224 e. The molecule has 3 rings (SSSR count). The highest BCUT2D eigenvalue weighted by Gasteiger charge is 2.21. The predicted molar refractivity (Wildman–Crippen MR) is 108 cm³/mol. The number of aromatic nitrogens is 2. The van der Waals surface area contributed by atoms with Crippen molar-refractivity contribution in [2.24, 2.45) is 5.92 Å². The minimum absolute atomic E-state index is 0.0996. The Labute approximate surface area is 161 Å². The van der Waals surface area contributed by atoms with Crippen LogP contribution in [-0.4, -0.2) is 59.2 Å². The third-order valence-electron chi connectivity index (χ3n) is 5.35. The molecule has 0 bridgehead atoms. The van der Waals surface area contributed by atoms with Crippen LogP contribution in [-0.2, 0) is 16.1 Å². The quantitative estimate of drug-likeness (QED) is 0.812. The summed E-state index contributed by atoms with van der Waals surface area (Å²) in [4.78, 5) is 19.8. The maximum absolute atomic E-state index is 12.7. The maximum atomic E-state index is 12.7. The van der Waals surface area contributed by atoms with Crippen LogP contribution in [0.3, 0.4) is 0 Å². The molecule has 148 valence electrons. The maximum Gasteiger partial charge on any atom is 0.224 e. The molecule has 1 aliphatic heterocycles. The van der Waals surface area contributed by atoms with Gasteiger partial charge in [0, 0.05) is 38.1 Å². The normalized spacial score (nSPS) is 18.0. The molecule has 2 aromatic rings. The van der Waals surface area contributed by atoms with E-state index in [1.165, 1.54) is 0 Å². The van der Waals surface area contributed by atoms with E-state index < -0.39 is 0 Å². The molecule has 0 saturated carbocycles. The molecule has 1 saturated heterocycles. The molecule has 0 unspecified atom stereocenters. The zero-order chi connectivity index (χ0) is 19.4. The second-order valence-electron chi connectivity index (χ2n) is 7.87. The summed E-state index contributed by atoms with van der Waals surface area (Å²) in [6, 6.07) is 8.48. The number of ether oxygens (including phenoxy) is 1. The number of morpholine rings is 1. The van der Waals surface area contributed by atoms with Crippen LogP contribution in [0.25, 0.3) is 11.0 Å². The number of rotatable bonds is 7. The number of nitrogens with one attached hydrogen (secondary N) is 1. The Hall–Kier alpha value is -1.92. The lowest BCUT2D eigenvalue weighted by molar-refractivity contribution is -0.125. The van der Waals surface area contributed by atoms with Crippen LogP contribution < -0.4 is 5.32 Å². The summed E-state index contributed by atoms with van der Waals surface area (Å²) in [7, 11) is 0. The van der Waals surface area contributed by atoms with Crippen LogP contribution in [0.15, 0.2) is 24.3 Å². The third kappa shape index (κ3) is 4.68. The van der Waals surface area contributed by atoms with Crippen LogP contribution in [0, 0.1) is 5.92 Å². The van der Waals surface area contributed by atoms with Gasteiger partial charge in [0.05, 0.1) is 30.2 Å². The van der Waals surface area contributed by atoms with Crippen molar-refractivity contribution in [1.29, 1.82) is 0 Å². The number of nitrogens with zero attached hydrogens (tertiary/aromatic N) is 3. The Morgan fingerprint density at radius 2 is 1.89 bits per heavy atom. The average molecular weight is 373 g/mol. The molecule has 6 heteroatoms. The Morgan fingerprint density at radius 3 is 2.59 bits per heavy atom. The highest BCUT2D eigenvalue weighted by Crippen LogP contribution is 2.23. The Bertz CT molecular complexity index is 765. The molecule has 1 fully saturated rings. The first-order valence-electron chi connectivity index (χ1n) is 10.0. The fourth-order valence-corrected chi connectivity index (χ4v) is 3.65. The second-order valence-corrected chi connectivity index (χ2v) is 7.87. The van der Waals surface area contributed by atoms with Gasteiger partial charge < -0.3 is 14.6 Å². The Morgan fingerprint density at radius 1 is 1.19 bits per heavy atom. The molecule has 2 heterocycles. The fraction of sp³-hybridized carbons (Fsp3) is 0.619. The third-order valence-corrected chi connectivity index (χ3v) is 5.35. The van der Waals surface area contributed by atoms with Gasteiger partial charge in [-0.25, -0.2) is 4.98 Å². The molecule has 6 nitrogen and oxygen atoms in total. The largest absolute Gasteiger partial charge is 0.379 e. The molecule has 0 aliphatic carbocycles. The molecule has 1 aromatic heterocycles. The number of amides is 1. The summed E-state index contributed by atoms with van der Waals surface area (Å²) < 4.78 is 7.60. The van der Waals surface area contributed by atoms with Gasteiger partial charge in [-0.05, 0) is 19.1 Å². The molecule has 1 amide bonds. The van der Waals surface area contributed by atoms with Crippen molar-refractivity contribution in [3.8, 4) is 0 Å². The molecule has 27 heavy (non-hydrogen) atoms. The lowest BCUT2D eigenvalue weighted by Gasteiger charge is -2.32. The van der Waals surface area contributed by atoms with Crippen molar-refractivity contribution >= 4 is 16.9 Å². The van der Waals surface area contributed by atoms with Crippen LogP contribution in [0.4, 0.5) is 0 Å². The summed E-state index contributed by atoms with van der Waals surface area (Å²) in [5.74, 6) is 1.34. The minimum Gasteiger partial charge on any atom is -0.379 e. The van der Waals surface area contributed by atoms with Crippen molar-refractivity contribution in [3.63, 3.8) is 0 Å². The number of hydrogen-bond donors (Lipinski definition) is 1. The summed E-state index contributed by atoms with van der Waals surface area (Å²) >= 11 is 0. The number of benzene rings is 1. The van der Waals surface area contributed by atoms with E-state index >= 15 is 0 Å². The highest BCUT2D eigenvalue weighted by molar-refractivity contribution is 5.79. The highest BCUT2D eigenvalue weighted by atomic mass is 16.5. The molecule has 1 aliphatic rings. The topological polar surface area (TPSA) is 59.4 Å². The van der Waals surface area contributed by atoms with E-state index in [2.05, 4.69) is 41.6 Å². The number of hydrogen-bond acceptors (Lipinski definition) is 4. The van der Waals surface area contributed by atoms with Crippen LogP contribution >= 0.6 is 0 Å². The fourth-order valence-electron chi connectivity index (χ4n) is 3.65. The van der Waals surface area contributed by atoms with Crippen molar-refractivity contribution in [2.45, 2.75) is 46.2 Å². The summed E-state index contributed by atoms with van der Waals surface area (Å²) in [5, 5.41) is 3.13. The van der Waals surface area contributed by atoms with E-state index in [9.17, 15) is 4.79 Å². The van der Waals surface area contributed by atoms with Crippen LogP contribution in [0.2, 0.25) is 0 Å². The number of carbonyl (C=O) groups excluding carboxylic acids is 1. The van der Waals surface area contributed by atoms with Crippen molar-refractivity contribution in [3.05, 3.63) is 30.1 Å². The van der Waals surface area contributed by atoms with Gasteiger partial charge in [0.2, 0.25) is 5.91 Å². The lowest BCUT2D eigenvalue weighted by atomic mass is 10.1. The minimum atomic E-state index is -0.114. The zero-order valence-electron chi connectivity index (χ0n) is 16.9. The average Bonchev–Trinajstić information content (AvgIpc) is 3.05. The first-order chi connectivity index (χ1) is 13.0. The number of carbonyl (C=O) groups is 1. The summed E-state index contributed by atoms with van der Waals surface area (Å²) in [6.07, 6.45) is 0. The van der Waals surface area contributed by atoms with Gasteiger partial charge in [0.25, 0.3) is 0 Å². The molecular weight excluding hydrogens is 340 g/mol. The predicted octanol–water partition coefficient (Wildman–Crippen LogP) is 2.63. The zero-order valence-corrected chi connectivity index (χ0v) is 16.9. The van der Waals surface area contributed by atoms with Gasteiger partial charge in [-0.15, -0.1) is 0 Å². The summed E-state index contributed by atoms with van der Waals surface area (Å²) in [5.41, 5.74) is 2.09. The van der Waals surface area contributed by atoms with E-state index in [0.717, 1.165) is 43.2 Å². The van der Waals surface area contributed by atoms with Crippen LogP contribution in [0.1, 0.15) is 39.4 Å². The monoisotopic (exact) mass is 372 g/mol.